The molecule has 0 spiro atoms. The van der Waals surface area contributed by atoms with E-state index >= 15 is 0 Å². The first-order valence-corrected chi connectivity index (χ1v) is 15.9. The molecule has 0 aliphatic carbocycles. The van der Waals surface area contributed by atoms with Crippen molar-refractivity contribution in [3.8, 4) is 5.69 Å². The molecule has 0 aliphatic rings. The first kappa shape index (κ1) is 25.9. The largest absolute Gasteiger partial charge is 0.438 e. The summed E-state index contributed by atoms with van der Waals surface area (Å²) in [5.41, 5.74) is 7.00. The average molecular weight is 602 g/mol. The van der Waals surface area contributed by atoms with Crippen LogP contribution >= 0.6 is 0 Å². The third-order valence-electron chi connectivity index (χ3n) is 9.36. The summed E-state index contributed by atoms with van der Waals surface area (Å²) in [6.45, 7) is 0. The first-order chi connectivity index (χ1) is 23.3. The average Bonchev–Trinajstić information content (AvgIpc) is 3.66. The molecule has 0 fully saturated rings. The number of hydrogen-bond donors (Lipinski definition) is 0. The van der Waals surface area contributed by atoms with Crippen molar-refractivity contribution in [1.29, 1.82) is 0 Å². The standard InChI is InChI=1S/C43H27N3O/c1-2-10-29-25-34(18-17-28(29)9-1)45(42-24-23-37-36-14-6-8-16-41(36)47-43(37)44-42)32-19-21-33(22-20-32)46-39-15-7-5-13-35(39)38-26-30-11-3-4-12-31(30)27-40(38)46/h1-27H. The SMILES string of the molecule is c1ccc2cc(N(c3ccc(-n4c5ccccc5c5cc6ccccc6cc54)cc3)c3ccc4c(n3)oc3ccccc34)ccc2c1. The molecule has 220 valence electrons. The molecule has 4 heteroatoms. The van der Waals surface area contributed by atoms with Crippen LogP contribution < -0.4 is 4.90 Å². The molecule has 47 heavy (non-hydrogen) atoms. The molecule has 0 atom stereocenters. The highest BCUT2D eigenvalue weighted by atomic mass is 16.3. The topological polar surface area (TPSA) is 34.2 Å². The van der Waals surface area contributed by atoms with Gasteiger partial charge in [0.05, 0.1) is 11.0 Å². The van der Waals surface area contributed by atoms with Crippen molar-refractivity contribution in [2.75, 3.05) is 4.90 Å². The van der Waals surface area contributed by atoms with Crippen molar-refractivity contribution < 1.29 is 4.42 Å². The molecule has 10 aromatic rings. The van der Waals surface area contributed by atoms with Crippen LogP contribution in [0.15, 0.2) is 168 Å². The lowest BCUT2D eigenvalue weighted by molar-refractivity contribution is 0.654. The second-order valence-electron chi connectivity index (χ2n) is 12.1. The fourth-order valence-electron chi connectivity index (χ4n) is 7.13. The summed E-state index contributed by atoms with van der Waals surface area (Å²) in [4.78, 5) is 7.29. The third-order valence-corrected chi connectivity index (χ3v) is 9.36. The maximum atomic E-state index is 6.22. The van der Waals surface area contributed by atoms with Crippen molar-refractivity contribution in [1.82, 2.24) is 9.55 Å². The Labute approximate surface area is 270 Å². The van der Waals surface area contributed by atoms with Gasteiger partial charge in [-0.1, -0.05) is 91.0 Å². The molecule has 0 N–H and O–H groups in total. The molecule has 0 aliphatic heterocycles. The molecule has 3 aromatic heterocycles. The molecular weight excluding hydrogens is 574 g/mol. The van der Waals surface area contributed by atoms with Crippen molar-refractivity contribution in [3.63, 3.8) is 0 Å². The molecule has 10 rings (SSSR count). The van der Waals surface area contributed by atoms with Gasteiger partial charge >= 0.3 is 0 Å². The molecular formula is C43H27N3O. The lowest BCUT2D eigenvalue weighted by Gasteiger charge is -2.25. The van der Waals surface area contributed by atoms with Crippen LogP contribution in [0.5, 0.6) is 0 Å². The maximum Gasteiger partial charge on any atom is 0.229 e. The number of para-hydroxylation sites is 2. The molecule has 0 unspecified atom stereocenters. The third kappa shape index (κ3) is 4.05. The molecule has 0 saturated heterocycles. The van der Waals surface area contributed by atoms with Gasteiger partial charge < -0.3 is 8.98 Å². The van der Waals surface area contributed by atoms with E-state index < -0.39 is 0 Å². The van der Waals surface area contributed by atoms with E-state index in [4.69, 9.17) is 9.40 Å². The monoisotopic (exact) mass is 601 g/mol. The fourth-order valence-corrected chi connectivity index (χ4v) is 7.13. The minimum atomic E-state index is 0.628. The molecule has 4 nitrogen and oxygen atoms in total. The van der Waals surface area contributed by atoms with E-state index in [0.717, 1.165) is 39.2 Å². The number of hydrogen-bond acceptors (Lipinski definition) is 3. The Morgan fingerprint density at radius 3 is 1.94 bits per heavy atom. The van der Waals surface area contributed by atoms with Gasteiger partial charge in [-0.2, -0.15) is 4.98 Å². The van der Waals surface area contributed by atoms with Gasteiger partial charge in [0.2, 0.25) is 5.71 Å². The molecule has 7 aromatic carbocycles. The van der Waals surface area contributed by atoms with E-state index in [-0.39, 0.29) is 0 Å². The van der Waals surface area contributed by atoms with Crippen LogP contribution in [0.1, 0.15) is 0 Å². The fraction of sp³-hybridized carbons (Fsp3) is 0. The lowest BCUT2D eigenvalue weighted by Crippen LogP contribution is -2.11. The minimum absolute atomic E-state index is 0.628. The van der Waals surface area contributed by atoms with Crippen LogP contribution in [-0.4, -0.2) is 9.55 Å². The first-order valence-electron chi connectivity index (χ1n) is 15.9. The number of nitrogens with zero attached hydrogens (tertiary/aromatic N) is 3. The number of furan rings is 1. The number of pyridine rings is 1. The summed E-state index contributed by atoms with van der Waals surface area (Å²) in [5, 5.41) is 9.44. The summed E-state index contributed by atoms with van der Waals surface area (Å²) in [7, 11) is 0. The summed E-state index contributed by atoms with van der Waals surface area (Å²) in [6, 6.07) is 58.0. The quantitative estimate of drug-likeness (QED) is 0.201. The van der Waals surface area contributed by atoms with Gasteiger partial charge in [0.15, 0.2) is 0 Å². The minimum Gasteiger partial charge on any atom is -0.438 e. The van der Waals surface area contributed by atoms with Crippen LogP contribution in [0.4, 0.5) is 17.2 Å². The van der Waals surface area contributed by atoms with Gasteiger partial charge in [0.25, 0.3) is 0 Å². The second kappa shape index (κ2) is 10.1. The Balaban J connectivity index is 1.16. The van der Waals surface area contributed by atoms with Crippen molar-refractivity contribution in [3.05, 3.63) is 164 Å². The second-order valence-corrected chi connectivity index (χ2v) is 12.1. The molecule has 3 heterocycles. The van der Waals surface area contributed by atoms with Gasteiger partial charge in [0.1, 0.15) is 11.4 Å². The van der Waals surface area contributed by atoms with E-state index in [1.54, 1.807) is 0 Å². The summed E-state index contributed by atoms with van der Waals surface area (Å²) in [5.74, 6) is 0.794. The predicted octanol–water partition coefficient (Wildman–Crippen LogP) is 11.9. The lowest BCUT2D eigenvalue weighted by atomic mass is 10.1. The number of benzene rings is 7. The summed E-state index contributed by atoms with van der Waals surface area (Å²) in [6.07, 6.45) is 0. The molecule has 0 amide bonds. The Hall–Kier alpha value is -6.39. The highest BCUT2D eigenvalue weighted by Gasteiger charge is 2.19. The number of rotatable bonds is 4. The number of fused-ring (bicyclic) bond motifs is 8. The zero-order valence-corrected chi connectivity index (χ0v) is 25.3. The molecule has 0 saturated carbocycles. The Bertz CT molecular complexity index is 2810. The van der Waals surface area contributed by atoms with Crippen LogP contribution in [0, 0.1) is 0 Å². The van der Waals surface area contributed by atoms with Crippen molar-refractivity contribution >= 4 is 82.6 Å². The van der Waals surface area contributed by atoms with Gasteiger partial charge in [-0.25, -0.2) is 0 Å². The van der Waals surface area contributed by atoms with Crippen molar-refractivity contribution in [2.45, 2.75) is 0 Å². The highest BCUT2D eigenvalue weighted by molar-refractivity contribution is 6.13. The Morgan fingerprint density at radius 2 is 1.11 bits per heavy atom. The highest BCUT2D eigenvalue weighted by Crippen LogP contribution is 2.39. The van der Waals surface area contributed by atoms with E-state index in [1.165, 1.54) is 43.4 Å². The van der Waals surface area contributed by atoms with Gasteiger partial charge in [0, 0.05) is 38.6 Å². The smallest absolute Gasteiger partial charge is 0.229 e. The summed E-state index contributed by atoms with van der Waals surface area (Å²) < 4.78 is 8.60. The zero-order valence-electron chi connectivity index (χ0n) is 25.3. The number of aromatic nitrogens is 2. The van der Waals surface area contributed by atoms with Crippen molar-refractivity contribution in [2.24, 2.45) is 0 Å². The Morgan fingerprint density at radius 1 is 0.447 bits per heavy atom. The maximum absolute atomic E-state index is 6.22. The normalized spacial score (nSPS) is 11.8. The molecule has 0 radical (unpaired) electrons. The van der Waals surface area contributed by atoms with Crippen LogP contribution in [0.2, 0.25) is 0 Å². The van der Waals surface area contributed by atoms with E-state index in [1.807, 2.05) is 18.2 Å². The van der Waals surface area contributed by atoms with Gasteiger partial charge in [-0.3, -0.25) is 4.90 Å². The Kier molecular flexibility index (Phi) is 5.54. The predicted molar refractivity (Wildman–Crippen MR) is 196 cm³/mol. The van der Waals surface area contributed by atoms with Crippen LogP contribution in [0.3, 0.4) is 0 Å². The number of anilines is 3. The zero-order chi connectivity index (χ0) is 30.9. The van der Waals surface area contributed by atoms with Gasteiger partial charge in [-0.15, -0.1) is 0 Å². The molecule has 0 bridgehead atoms. The van der Waals surface area contributed by atoms with E-state index in [9.17, 15) is 0 Å². The van der Waals surface area contributed by atoms with Crippen LogP contribution in [0.25, 0.3) is 71.1 Å². The van der Waals surface area contributed by atoms with E-state index in [2.05, 4.69) is 155 Å². The van der Waals surface area contributed by atoms with E-state index in [0.29, 0.717) is 5.71 Å². The van der Waals surface area contributed by atoms with Gasteiger partial charge in [-0.05, 0) is 94.3 Å². The summed E-state index contributed by atoms with van der Waals surface area (Å²) >= 11 is 0. The van der Waals surface area contributed by atoms with Crippen LogP contribution in [-0.2, 0) is 0 Å².